The second-order valence-electron chi connectivity index (χ2n) is 7.88. The fraction of sp³-hybridized carbons (Fsp3) is 0.167. The molecular formula is C24H22N2O3S. The summed E-state index contributed by atoms with van der Waals surface area (Å²) in [6, 6.07) is 18.8. The van der Waals surface area contributed by atoms with Crippen molar-refractivity contribution in [1.29, 1.82) is 0 Å². The van der Waals surface area contributed by atoms with Crippen molar-refractivity contribution in [3.8, 4) is 22.3 Å². The van der Waals surface area contributed by atoms with Gasteiger partial charge in [-0.2, -0.15) is 0 Å². The lowest BCUT2D eigenvalue weighted by Crippen LogP contribution is -2.28. The highest BCUT2D eigenvalue weighted by Gasteiger charge is 2.33. The molecule has 0 unspecified atom stereocenters. The standard InChI is InChI=1S/C24H22N2O3S/c1-24(2,30(3,28)29)19-14-18-9-5-11-25-22(18)21(15-19)17-8-4-7-16(13-17)20-10-6-12-26-23(20)27/h4-15H,1-3H3,(H,26,27). The number of benzene rings is 2. The molecular weight excluding hydrogens is 396 g/mol. The first kappa shape index (κ1) is 20.0. The van der Waals surface area contributed by atoms with Crippen molar-refractivity contribution in [3.05, 3.63) is 89.0 Å². The van der Waals surface area contributed by atoms with Gasteiger partial charge in [-0.1, -0.05) is 24.3 Å². The fourth-order valence-electron chi connectivity index (χ4n) is 3.48. The van der Waals surface area contributed by atoms with Gasteiger partial charge >= 0.3 is 0 Å². The van der Waals surface area contributed by atoms with Crippen molar-refractivity contribution in [3.63, 3.8) is 0 Å². The van der Waals surface area contributed by atoms with E-state index in [0.29, 0.717) is 11.1 Å². The number of fused-ring (bicyclic) bond motifs is 1. The Morgan fingerprint density at radius 2 is 1.63 bits per heavy atom. The van der Waals surface area contributed by atoms with E-state index >= 15 is 0 Å². The lowest BCUT2D eigenvalue weighted by Gasteiger charge is -2.24. The Morgan fingerprint density at radius 3 is 2.33 bits per heavy atom. The Balaban J connectivity index is 1.99. The Hall–Kier alpha value is -3.25. The summed E-state index contributed by atoms with van der Waals surface area (Å²) in [7, 11) is -3.35. The van der Waals surface area contributed by atoms with E-state index in [-0.39, 0.29) is 5.56 Å². The lowest BCUT2D eigenvalue weighted by molar-refractivity contribution is 0.561. The van der Waals surface area contributed by atoms with E-state index in [9.17, 15) is 13.2 Å². The molecule has 2 aromatic carbocycles. The summed E-state index contributed by atoms with van der Waals surface area (Å²) in [6.07, 6.45) is 4.57. The number of nitrogens with one attached hydrogen (secondary N) is 1. The normalized spacial score (nSPS) is 12.2. The van der Waals surface area contributed by atoms with Crippen LogP contribution in [-0.2, 0) is 14.6 Å². The molecule has 152 valence electrons. The zero-order valence-corrected chi connectivity index (χ0v) is 17.8. The molecule has 0 amide bonds. The van der Waals surface area contributed by atoms with E-state index < -0.39 is 14.6 Å². The number of sulfone groups is 1. The van der Waals surface area contributed by atoms with Crippen molar-refractivity contribution in [2.75, 3.05) is 6.26 Å². The van der Waals surface area contributed by atoms with Crippen LogP contribution in [-0.4, -0.2) is 24.6 Å². The van der Waals surface area contributed by atoms with Gasteiger partial charge in [-0.15, -0.1) is 0 Å². The van der Waals surface area contributed by atoms with Gasteiger partial charge in [0.25, 0.3) is 5.56 Å². The highest BCUT2D eigenvalue weighted by atomic mass is 32.2. The van der Waals surface area contributed by atoms with Gasteiger partial charge in [-0.05, 0) is 66.9 Å². The molecule has 1 N–H and O–H groups in total. The molecule has 0 bridgehead atoms. The van der Waals surface area contributed by atoms with E-state index in [2.05, 4.69) is 9.97 Å². The van der Waals surface area contributed by atoms with Crippen LogP contribution in [0.25, 0.3) is 33.2 Å². The SMILES string of the molecule is CC(C)(c1cc(-c2cccc(-c3ccc[nH]c3=O)c2)c2ncccc2c1)S(C)(=O)=O. The first-order valence-electron chi connectivity index (χ1n) is 9.56. The van der Waals surface area contributed by atoms with Crippen molar-refractivity contribution >= 4 is 20.7 Å². The number of hydrogen-bond donors (Lipinski definition) is 1. The summed E-state index contributed by atoms with van der Waals surface area (Å²) in [5.41, 5.74) is 4.37. The summed E-state index contributed by atoms with van der Waals surface area (Å²) in [4.78, 5) is 19.5. The van der Waals surface area contributed by atoms with E-state index in [1.54, 1.807) is 38.4 Å². The Kier molecular flexibility index (Phi) is 4.82. The van der Waals surface area contributed by atoms with Crippen LogP contribution < -0.4 is 5.56 Å². The second-order valence-corrected chi connectivity index (χ2v) is 10.4. The molecule has 0 fully saturated rings. The third kappa shape index (κ3) is 3.44. The van der Waals surface area contributed by atoms with Crippen molar-refractivity contribution < 1.29 is 8.42 Å². The Morgan fingerprint density at radius 1 is 0.900 bits per heavy atom. The molecule has 5 nitrogen and oxygen atoms in total. The van der Waals surface area contributed by atoms with E-state index in [4.69, 9.17) is 0 Å². The van der Waals surface area contributed by atoms with Crippen LogP contribution in [0.3, 0.4) is 0 Å². The molecule has 0 aliphatic carbocycles. The van der Waals surface area contributed by atoms with Crippen LogP contribution in [0.4, 0.5) is 0 Å². The Bertz CT molecular complexity index is 1420. The highest BCUT2D eigenvalue weighted by molar-refractivity contribution is 7.91. The third-order valence-electron chi connectivity index (χ3n) is 5.63. The maximum absolute atomic E-state index is 12.5. The number of nitrogens with zero attached hydrogens (tertiary/aromatic N) is 1. The van der Waals surface area contributed by atoms with Crippen molar-refractivity contribution in [2.45, 2.75) is 18.6 Å². The number of aromatic nitrogens is 2. The average Bonchev–Trinajstić information content (AvgIpc) is 2.72. The molecule has 0 saturated heterocycles. The largest absolute Gasteiger partial charge is 0.329 e. The number of pyridine rings is 2. The van der Waals surface area contributed by atoms with Gasteiger partial charge in [0.1, 0.15) is 0 Å². The lowest BCUT2D eigenvalue weighted by atomic mass is 9.92. The van der Waals surface area contributed by atoms with Gasteiger partial charge in [0.2, 0.25) is 0 Å². The predicted octanol–water partition coefficient (Wildman–Crippen LogP) is 4.54. The van der Waals surface area contributed by atoms with Crippen molar-refractivity contribution in [1.82, 2.24) is 9.97 Å². The number of rotatable bonds is 4. The molecule has 6 heteroatoms. The van der Waals surface area contributed by atoms with Gasteiger partial charge in [-0.25, -0.2) is 8.42 Å². The maximum Gasteiger partial charge on any atom is 0.255 e. The molecule has 0 aliphatic heterocycles. The predicted molar refractivity (Wildman–Crippen MR) is 121 cm³/mol. The molecule has 4 rings (SSSR count). The Labute approximate surface area is 175 Å². The van der Waals surface area contributed by atoms with Gasteiger partial charge in [-0.3, -0.25) is 9.78 Å². The molecule has 2 heterocycles. The average molecular weight is 419 g/mol. The molecule has 0 atom stereocenters. The first-order chi connectivity index (χ1) is 14.2. The van der Waals surface area contributed by atoms with E-state index in [0.717, 1.165) is 27.6 Å². The summed E-state index contributed by atoms with van der Waals surface area (Å²) < 4.78 is 23.9. The minimum Gasteiger partial charge on any atom is -0.329 e. The second kappa shape index (κ2) is 7.22. The van der Waals surface area contributed by atoms with Gasteiger partial charge in [0.15, 0.2) is 9.84 Å². The molecule has 2 aromatic heterocycles. The fourth-order valence-corrected chi connectivity index (χ4v) is 4.02. The van der Waals surface area contributed by atoms with Crippen LogP contribution in [0.2, 0.25) is 0 Å². The van der Waals surface area contributed by atoms with Crippen LogP contribution in [0.15, 0.2) is 77.9 Å². The number of hydrogen-bond acceptors (Lipinski definition) is 4. The molecule has 0 radical (unpaired) electrons. The number of aromatic amines is 1. The molecule has 30 heavy (non-hydrogen) atoms. The van der Waals surface area contributed by atoms with Crippen LogP contribution in [0.5, 0.6) is 0 Å². The summed E-state index contributed by atoms with van der Waals surface area (Å²) in [6.45, 7) is 3.42. The minimum absolute atomic E-state index is 0.162. The quantitative estimate of drug-likeness (QED) is 0.528. The smallest absolute Gasteiger partial charge is 0.255 e. The molecule has 0 aliphatic rings. The third-order valence-corrected chi connectivity index (χ3v) is 7.72. The van der Waals surface area contributed by atoms with Crippen molar-refractivity contribution in [2.24, 2.45) is 0 Å². The highest BCUT2D eigenvalue weighted by Crippen LogP contribution is 2.37. The molecule has 0 spiro atoms. The van der Waals surface area contributed by atoms with Crippen LogP contribution in [0.1, 0.15) is 19.4 Å². The molecule has 0 saturated carbocycles. The first-order valence-corrected chi connectivity index (χ1v) is 11.4. The summed E-state index contributed by atoms with van der Waals surface area (Å²) in [5, 5.41) is 0.865. The monoisotopic (exact) mass is 418 g/mol. The maximum atomic E-state index is 12.5. The van der Waals surface area contributed by atoms with E-state index in [1.165, 1.54) is 6.26 Å². The van der Waals surface area contributed by atoms with E-state index in [1.807, 2.05) is 48.5 Å². The summed E-state index contributed by atoms with van der Waals surface area (Å²) >= 11 is 0. The van der Waals surface area contributed by atoms with Gasteiger partial charge in [0, 0.05) is 35.2 Å². The van der Waals surface area contributed by atoms with Gasteiger partial charge < -0.3 is 4.98 Å². The van der Waals surface area contributed by atoms with Crippen LogP contribution >= 0.6 is 0 Å². The van der Waals surface area contributed by atoms with Crippen LogP contribution in [0, 0.1) is 0 Å². The number of H-pyrrole nitrogens is 1. The summed E-state index contributed by atoms with van der Waals surface area (Å²) in [5.74, 6) is 0. The zero-order valence-electron chi connectivity index (χ0n) is 17.0. The van der Waals surface area contributed by atoms with Gasteiger partial charge in [0.05, 0.1) is 10.3 Å². The topological polar surface area (TPSA) is 79.9 Å². The minimum atomic E-state index is -3.35. The molecule has 4 aromatic rings. The zero-order chi connectivity index (χ0) is 21.5.